The maximum atomic E-state index is 12.2. The number of rotatable bonds is 5. The van der Waals surface area contributed by atoms with Gasteiger partial charge in [0.2, 0.25) is 0 Å². The second-order valence-corrected chi connectivity index (χ2v) is 6.22. The molecule has 1 fully saturated rings. The van der Waals surface area contributed by atoms with Crippen LogP contribution >= 0.6 is 0 Å². The summed E-state index contributed by atoms with van der Waals surface area (Å²) in [5, 5.41) is 0. The molecule has 1 aliphatic rings. The maximum Gasteiger partial charge on any atom is 0.151 e. The van der Waals surface area contributed by atoms with Crippen LogP contribution in [0.25, 0.3) is 0 Å². The van der Waals surface area contributed by atoms with Crippen molar-refractivity contribution >= 4 is 5.78 Å². The molecule has 3 rings (SSSR count). The number of carbonyl (C=O) groups excluding carboxylic acids is 1. The van der Waals surface area contributed by atoms with Crippen molar-refractivity contribution in [2.75, 3.05) is 26.2 Å². The molecule has 1 aliphatic heterocycles. The Balaban J connectivity index is 1.62. The number of hydrogen-bond acceptors (Lipinski definition) is 3. The van der Waals surface area contributed by atoms with Crippen molar-refractivity contribution in [2.24, 2.45) is 0 Å². The predicted molar refractivity (Wildman–Crippen MR) is 93.2 cm³/mol. The molecule has 2 aromatic rings. The van der Waals surface area contributed by atoms with Crippen LogP contribution in [0.1, 0.15) is 24.1 Å². The minimum Gasteiger partial charge on any atom is -0.298 e. The van der Waals surface area contributed by atoms with Gasteiger partial charge in [-0.3, -0.25) is 14.6 Å². The Morgan fingerprint density at radius 2 is 1.48 bits per heavy atom. The number of piperazine rings is 1. The summed E-state index contributed by atoms with van der Waals surface area (Å²) in [4.78, 5) is 16.9. The van der Waals surface area contributed by atoms with Crippen molar-refractivity contribution in [1.82, 2.24) is 9.80 Å². The predicted octanol–water partition coefficient (Wildman–Crippen LogP) is 3.13. The van der Waals surface area contributed by atoms with E-state index in [1.165, 1.54) is 5.56 Å². The summed E-state index contributed by atoms with van der Waals surface area (Å²) in [7, 11) is 0. The molecule has 1 unspecified atom stereocenters. The molecule has 1 atom stereocenters. The van der Waals surface area contributed by atoms with E-state index in [4.69, 9.17) is 0 Å². The Bertz CT molecular complexity index is 619. The Labute approximate surface area is 138 Å². The van der Waals surface area contributed by atoms with E-state index in [-0.39, 0.29) is 11.8 Å². The van der Waals surface area contributed by atoms with E-state index in [1.54, 1.807) is 6.92 Å². The minimum absolute atomic E-state index is 0.102. The first kappa shape index (κ1) is 15.9. The molecule has 0 radical (unpaired) electrons. The van der Waals surface area contributed by atoms with E-state index >= 15 is 0 Å². The fourth-order valence-electron chi connectivity index (χ4n) is 3.36. The highest BCUT2D eigenvalue weighted by Crippen LogP contribution is 2.23. The lowest BCUT2D eigenvalue weighted by atomic mass is 10.0. The second kappa shape index (κ2) is 7.53. The fourth-order valence-corrected chi connectivity index (χ4v) is 3.36. The van der Waals surface area contributed by atoms with Crippen LogP contribution in [0.5, 0.6) is 0 Å². The third-order valence-corrected chi connectivity index (χ3v) is 4.52. The summed E-state index contributed by atoms with van der Waals surface area (Å²) in [6.45, 7) is 6.58. The summed E-state index contributed by atoms with van der Waals surface area (Å²) >= 11 is 0. The average Bonchev–Trinajstić information content (AvgIpc) is 2.58. The number of hydrogen-bond donors (Lipinski definition) is 0. The van der Waals surface area contributed by atoms with Gasteiger partial charge in [-0.25, -0.2) is 0 Å². The van der Waals surface area contributed by atoms with Gasteiger partial charge in [-0.15, -0.1) is 0 Å². The number of nitrogens with zero attached hydrogens (tertiary/aromatic N) is 2. The van der Waals surface area contributed by atoms with Crippen LogP contribution in [0.15, 0.2) is 60.7 Å². The molecule has 0 aliphatic carbocycles. The molecule has 1 heterocycles. The number of ketones is 1. The van der Waals surface area contributed by atoms with Gasteiger partial charge in [-0.1, -0.05) is 60.7 Å². The fraction of sp³-hybridized carbons (Fsp3) is 0.350. The van der Waals surface area contributed by atoms with Crippen LogP contribution in [-0.2, 0) is 11.3 Å². The van der Waals surface area contributed by atoms with Gasteiger partial charge < -0.3 is 0 Å². The largest absolute Gasteiger partial charge is 0.298 e. The minimum atomic E-state index is -0.102. The zero-order chi connectivity index (χ0) is 16.1. The van der Waals surface area contributed by atoms with Gasteiger partial charge in [0.1, 0.15) is 0 Å². The van der Waals surface area contributed by atoms with Crippen LogP contribution in [0.3, 0.4) is 0 Å². The van der Waals surface area contributed by atoms with Gasteiger partial charge in [-0.05, 0) is 18.1 Å². The lowest BCUT2D eigenvalue weighted by molar-refractivity contribution is -0.123. The molecular formula is C20H24N2O. The highest BCUT2D eigenvalue weighted by atomic mass is 16.1. The highest BCUT2D eigenvalue weighted by Gasteiger charge is 2.27. The zero-order valence-electron chi connectivity index (χ0n) is 13.7. The molecule has 3 heteroatoms. The van der Waals surface area contributed by atoms with E-state index in [0.29, 0.717) is 0 Å². The van der Waals surface area contributed by atoms with Gasteiger partial charge in [0.25, 0.3) is 0 Å². The van der Waals surface area contributed by atoms with Crippen molar-refractivity contribution in [2.45, 2.75) is 19.5 Å². The third-order valence-electron chi connectivity index (χ3n) is 4.52. The SMILES string of the molecule is CC(=O)C(c1ccccc1)N1CCN(Cc2ccccc2)CC1. The summed E-state index contributed by atoms with van der Waals surface area (Å²) < 4.78 is 0. The Kier molecular flexibility index (Phi) is 5.21. The van der Waals surface area contributed by atoms with Crippen LogP contribution in [0, 0.1) is 0 Å². The molecular weight excluding hydrogens is 284 g/mol. The molecule has 0 saturated carbocycles. The third kappa shape index (κ3) is 4.06. The van der Waals surface area contributed by atoms with Crippen molar-refractivity contribution in [3.63, 3.8) is 0 Å². The number of benzene rings is 2. The lowest BCUT2D eigenvalue weighted by Gasteiger charge is -2.38. The van der Waals surface area contributed by atoms with E-state index in [2.05, 4.69) is 52.3 Å². The molecule has 120 valence electrons. The van der Waals surface area contributed by atoms with Crippen molar-refractivity contribution in [3.05, 3.63) is 71.8 Å². The summed E-state index contributed by atoms with van der Waals surface area (Å²) in [5.74, 6) is 0.229. The molecule has 23 heavy (non-hydrogen) atoms. The molecule has 0 amide bonds. The van der Waals surface area contributed by atoms with Gasteiger partial charge in [0.15, 0.2) is 5.78 Å². The number of Topliss-reactive ketones (excluding diaryl/α,β-unsaturated/α-hetero) is 1. The quantitative estimate of drug-likeness (QED) is 0.848. The molecule has 0 N–H and O–H groups in total. The lowest BCUT2D eigenvalue weighted by Crippen LogP contribution is -2.48. The Hall–Kier alpha value is -1.97. The Morgan fingerprint density at radius 1 is 0.913 bits per heavy atom. The van der Waals surface area contributed by atoms with Crippen molar-refractivity contribution in [3.8, 4) is 0 Å². The smallest absolute Gasteiger partial charge is 0.151 e. The molecule has 2 aromatic carbocycles. The molecule has 3 nitrogen and oxygen atoms in total. The summed E-state index contributed by atoms with van der Waals surface area (Å²) in [6, 6.07) is 20.6. The van der Waals surface area contributed by atoms with E-state index in [0.717, 1.165) is 38.3 Å². The number of carbonyl (C=O) groups is 1. The van der Waals surface area contributed by atoms with Gasteiger partial charge in [0, 0.05) is 32.7 Å². The second-order valence-electron chi connectivity index (χ2n) is 6.22. The molecule has 0 aromatic heterocycles. The maximum absolute atomic E-state index is 12.2. The first-order valence-corrected chi connectivity index (χ1v) is 8.30. The zero-order valence-corrected chi connectivity index (χ0v) is 13.7. The van der Waals surface area contributed by atoms with Crippen molar-refractivity contribution in [1.29, 1.82) is 0 Å². The topological polar surface area (TPSA) is 23.6 Å². The monoisotopic (exact) mass is 308 g/mol. The van der Waals surface area contributed by atoms with E-state index < -0.39 is 0 Å². The Morgan fingerprint density at radius 3 is 2.04 bits per heavy atom. The molecule has 1 saturated heterocycles. The van der Waals surface area contributed by atoms with E-state index in [9.17, 15) is 4.79 Å². The van der Waals surface area contributed by atoms with Crippen molar-refractivity contribution < 1.29 is 4.79 Å². The van der Waals surface area contributed by atoms with Crippen LogP contribution < -0.4 is 0 Å². The van der Waals surface area contributed by atoms with Gasteiger partial charge in [-0.2, -0.15) is 0 Å². The normalized spacial score (nSPS) is 17.8. The first-order valence-electron chi connectivity index (χ1n) is 8.30. The van der Waals surface area contributed by atoms with Gasteiger partial charge >= 0.3 is 0 Å². The summed E-state index contributed by atoms with van der Waals surface area (Å²) in [5.41, 5.74) is 2.46. The first-order chi connectivity index (χ1) is 11.2. The molecule has 0 spiro atoms. The van der Waals surface area contributed by atoms with Gasteiger partial charge in [0.05, 0.1) is 6.04 Å². The van der Waals surface area contributed by atoms with Crippen LogP contribution in [0.2, 0.25) is 0 Å². The average molecular weight is 308 g/mol. The highest BCUT2D eigenvalue weighted by molar-refractivity contribution is 5.82. The van der Waals surface area contributed by atoms with Crippen LogP contribution in [0.4, 0.5) is 0 Å². The standard InChI is InChI=1S/C20H24N2O/c1-17(23)20(19-10-6-3-7-11-19)22-14-12-21(13-15-22)16-18-8-4-2-5-9-18/h2-11,20H,12-16H2,1H3. The summed E-state index contributed by atoms with van der Waals surface area (Å²) in [6.07, 6.45) is 0. The van der Waals surface area contributed by atoms with E-state index in [1.807, 2.05) is 18.2 Å². The van der Waals surface area contributed by atoms with Crippen LogP contribution in [-0.4, -0.2) is 41.8 Å². The molecule has 0 bridgehead atoms.